The highest BCUT2D eigenvalue weighted by Crippen LogP contribution is 2.32. The van der Waals surface area contributed by atoms with E-state index in [-0.39, 0.29) is 12.4 Å². The van der Waals surface area contributed by atoms with E-state index in [0.29, 0.717) is 15.9 Å². The van der Waals surface area contributed by atoms with Crippen LogP contribution in [0.15, 0.2) is 22.7 Å². The van der Waals surface area contributed by atoms with Gasteiger partial charge in [-0.25, -0.2) is 8.78 Å². The van der Waals surface area contributed by atoms with Crippen molar-refractivity contribution in [3.8, 4) is 5.75 Å². The van der Waals surface area contributed by atoms with E-state index in [0.717, 1.165) is 0 Å². The van der Waals surface area contributed by atoms with Crippen LogP contribution in [0.25, 0.3) is 0 Å². The average molecular weight is 345 g/mol. The van der Waals surface area contributed by atoms with Gasteiger partial charge < -0.3 is 15.2 Å². The molecule has 0 amide bonds. The third-order valence-electron chi connectivity index (χ3n) is 2.03. The highest BCUT2D eigenvalue weighted by Gasteiger charge is 2.10. The highest BCUT2D eigenvalue weighted by atomic mass is 79.9. The van der Waals surface area contributed by atoms with Gasteiger partial charge >= 0.3 is 0 Å². The Bertz CT molecular complexity index is 382. The predicted octanol–water partition coefficient (Wildman–Crippen LogP) is 3.10. The van der Waals surface area contributed by atoms with Crippen molar-refractivity contribution in [2.75, 3.05) is 24.3 Å². The number of alkyl halides is 3. The molecule has 0 heterocycles. The van der Waals surface area contributed by atoms with Crippen LogP contribution in [0.4, 0.5) is 14.5 Å². The fraction of sp³-hybridized carbons (Fsp3) is 0.455. The van der Waals surface area contributed by atoms with Gasteiger partial charge in [0.15, 0.2) is 0 Å². The molecule has 1 rings (SSSR count). The van der Waals surface area contributed by atoms with Crippen LogP contribution in [0.1, 0.15) is 0 Å². The quantitative estimate of drug-likeness (QED) is 0.747. The standard InChI is InChI=1S/C11H13BrClF2NO2/c12-11-8(16-5-7(17)4-13)2-1-3-9(11)18-6-10(14)15/h1-3,7,10,16-17H,4-6H2. The second-order valence-corrected chi connectivity index (χ2v) is 4.61. The van der Waals surface area contributed by atoms with Gasteiger partial charge in [-0.15, -0.1) is 11.6 Å². The van der Waals surface area contributed by atoms with Crippen LogP contribution in [0.5, 0.6) is 5.75 Å². The molecule has 0 aliphatic heterocycles. The summed E-state index contributed by atoms with van der Waals surface area (Å²) in [5.74, 6) is 0.437. The number of anilines is 1. The molecule has 0 aromatic heterocycles. The number of aliphatic hydroxyl groups excluding tert-OH is 1. The normalized spacial score (nSPS) is 12.6. The lowest BCUT2D eigenvalue weighted by atomic mass is 10.3. The van der Waals surface area contributed by atoms with E-state index in [1.54, 1.807) is 18.2 Å². The number of rotatable bonds is 7. The molecule has 1 unspecified atom stereocenters. The molecule has 0 radical (unpaired) electrons. The summed E-state index contributed by atoms with van der Waals surface area (Å²) in [4.78, 5) is 0. The van der Waals surface area contributed by atoms with Crippen molar-refractivity contribution in [3.05, 3.63) is 22.7 Å². The van der Waals surface area contributed by atoms with Gasteiger partial charge in [0.1, 0.15) is 12.4 Å². The molecule has 0 aliphatic carbocycles. The largest absolute Gasteiger partial charge is 0.486 e. The molecular weight excluding hydrogens is 331 g/mol. The first-order valence-corrected chi connectivity index (χ1v) is 6.54. The second-order valence-electron chi connectivity index (χ2n) is 3.51. The number of aliphatic hydroxyl groups is 1. The number of ether oxygens (including phenoxy) is 1. The fourth-order valence-electron chi connectivity index (χ4n) is 1.19. The van der Waals surface area contributed by atoms with Crippen molar-refractivity contribution in [1.29, 1.82) is 0 Å². The lowest BCUT2D eigenvalue weighted by molar-refractivity contribution is 0.0815. The molecule has 0 saturated carbocycles. The minimum atomic E-state index is -2.52. The molecule has 1 aromatic rings. The molecule has 1 atom stereocenters. The van der Waals surface area contributed by atoms with Gasteiger partial charge in [-0.2, -0.15) is 0 Å². The third-order valence-corrected chi connectivity index (χ3v) is 3.21. The van der Waals surface area contributed by atoms with Gasteiger partial charge in [0, 0.05) is 6.54 Å². The summed E-state index contributed by atoms with van der Waals surface area (Å²) in [6.45, 7) is -0.396. The van der Waals surface area contributed by atoms with Crippen molar-refractivity contribution in [1.82, 2.24) is 0 Å². The van der Waals surface area contributed by atoms with Gasteiger partial charge in [-0.1, -0.05) is 6.07 Å². The van der Waals surface area contributed by atoms with Crippen LogP contribution >= 0.6 is 27.5 Å². The lowest BCUT2D eigenvalue weighted by Crippen LogP contribution is -2.21. The molecule has 1 aromatic carbocycles. The molecule has 0 fully saturated rings. The fourth-order valence-corrected chi connectivity index (χ4v) is 1.82. The summed E-state index contributed by atoms with van der Waals surface area (Å²) in [6, 6.07) is 4.98. The van der Waals surface area contributed by atoms with Crippen molar-refractivity contribution < 1.29 is 18.6 Å². The Morgan fingerprint density at radius 2 is 2.17 bits per heavy atom. The number of benzene rings is 1. The van der Waals surface area contributed by atoms with Crippen LogP contribution in [0.2, 0.25) is 0 Å². The molecule has 0 aliphatic rings. The maximum Gasteiger partial charge on any atom is 0.272 e. The van der Waals surface area contributed by atoms with Gasteiger partial charge in [-0.3, -0.25) is 0 Å². The van der Waals surface area contributed by atoms with E-state index in [9.17, 15) is 13.9 Å². The van der Waals surface area contributed by atoms with Crippen LogP contribution < -0.4 is 10.1 Å². The molecule has 2 N–H and O–H groups in total. The molecule has 0 spiro atoms. The Hall–Kier alpha value is -0.590. The monoisotopic (exact) mass is 343 g/mol. The Labute approximate surface area is 117 Å². The van der Waals surface area contributed by atoms with E-state index in [4.69, 9.17) is 16.3 Å². The first-order valence-electron chi connectivity index (χ1n) is 5.22. The van der Waals surface area contributed by atoms with E-state index in [1.807, 2.05) is 0 Å². The Morgan fingerprint density at radius 1 is 1.44 bits per heavy atom. The van der Waals surface area contributed by atoms with Gasteiger partial charge in [0.05, 0.1) is 22.1 Å². The molecule has 18 heavy (non-hydrogen) atoms. The van der Waals surface area contributed by atoms with Crippen molar-refractivity contribution in [3.63, 3.8) is 0 Å². The lowest BCUT2D eigenvalue weighted by Gasteiger charge is -2.14. The zero-order valence-corrected chi connectivity index (χ0v) is 11.7. The highest BCUT2D eigenvalue weighted by molar-refractivity contribution is 9.10. The zero-order chi connectivity index (χ0) is 13.5. The Balaban J connectivity index is 2.66. The topological polar surface area (TPSA) is 41.5 Å². The molecule has 102 valence electrons. The number of halogens is 4. The molecule has 0 saturated heterocycles. The number of hydrogen-bond acceptors (Lipinski definition) is 3. The summed E-state index contributed by atoms with van der Waals surface area (Å²) in [6.07, 6.45) is -3.20. The average Bonchev–Trinajstić information content (AvgIpc) is 2.35. The van der Waals surface area contributed by atoms with E-state index < -0.39 is 19.1 Å². The van der Waals surface area contributed by atoms with Crippen molar-refractivity contribution >= 4 is 33.2 Å². The minimum Gasteiger partial charge on any atom is -0.486 e. The van der Waals surface area contributed by atoms with Crippen molar-refractivity contribution in [2.24, 2.45) is 0 Å². The SMILES string of the molecule is OC(CCl)CNc1cccc(OCC(F)F)c1Br. The first kappa shape index (κ1) is 15.5. The molecule has 0 bridgehead atoms. The molecular formula is C11H13BrClF2NO2. The Morgan fingerprint density at radius 3 is 2.78 bits per heavy atom. The van der Waals surface area contributed by atoms with Crippen molar-refractivity contribution in [2.45, 2.75) is 12.5 Å². The smallest absolute Gasteiger partial charge is 0.272 e. The van der Waals surface area contributed by atoms with Gasteiger partial charge in [0.2, 0.25) is 0 Å². The molecule has 7 heteroatoms. The van der Waals surface area contributed by atoms with E-state index in [2.05, 4.69) is 21.2 Å². The van der Waals surface area contributed by atoms with Crippen LogP contribution in [-0.2, 0) is 0 Å². The van der Waals surface area contributed by atoms with Crippen LogP contribution in [-0.4, -0.2) is 36.7 Å². The maximum absolute atomic E-state index is 12.0. The molecule has 3 nitrogen and oxygen atoms in total. The zero-order valence-electron chi connectivity index (χ0n) is 9.38. The summed E-state index contributed by atoms with van der Waals surface area (Å²) in [5, 5.41) is 12.3. The number of hydrogen-bond donors (Lipinski definition) is 2. The maximum atomic E-state index is 12.0. The van der Waals surface area contributed by atoms with Crippen LogP contribution in [0, 0.1) is 0 Å². The second kappa shape index (κ2) is 7.76. The number of nitrogens with one attached hydrogen (secondary N) is 1. The van der Waals surface area contributed by atoms with Crippen LogP contribution in [0.3, 0.4) is 0 Å². The van der Waals surface area contributed by atoms with E-state index >= 15 is 0 Å². The van der Waals surface area contributed by atoms with Gasteiger partial charge in [0.25, 0.3) is 6.43 Å². The summed E-state index contributed by atoms with van der Waals surface area (Å²) < 4.78 is 29.6. The summed E-state index contributed by atoms with van der Waals surface area (Å²) in [5.41, 5.74) is 0.644. The van der Waals surface area contributed by atoms with E-state index in [1.165, 1.54) is 0 Å². The Kier molecular flexibility index (Phi) is 6.67. The third kappa shape index (κ3) is 4.96. The summed E-state index contributed by atoms with van der Waals surface area (Å²) >= 11 is 8.72. The minimum absolute atomic E-state index is 0.117. The summed E-state index contributed by atoms with van der Waals surface area (Å²) in [7, 11) is 0. The van der Waals surface area contributed by atoms with Gasteiger partial charge in [-0.05, 0) is 28.1 Å². The first-order chi connectivity index (χ1) is 8.54. The predicted molar refractivity (Wildman–Crippen MR) is 70.9 cm³/mol.